The van der Waals surface area contributed by atoms with Crippen LogP contribution in [0.4, 0.5) is 0 Å². The number of hydrogen-bond donors (Lipinski definition) is 1. The molecule has 3 nitrogen and oxygen atoms in total. The Hall–Kier alpha value is 0.0500. The third kappa shape index (κ3) is 26.5. The molecule has 1 unspecified atom stereocenters. The van der Waals surface area contributed by atoms with Crippen molar-refractivity contribution in [1.29, 1.82) is 0 Å². The van der Waals surface area contributed by atoms with Gasteiger partial charge in [-0.25, -0.2) is 0 Å². The second-order valence-electron chi connectivity index (χ2n) is 11.4. The molecule has 0 radical (unpaired) electrons. The molecule has 1 N–H and O–H groups in total. The highest BCUT2D eigenvalue weighted by atomic mass is 31.1. The Kier molecular flexibility index (Phi) is 23.8. The number of aliphatic hydroxyl groups is 1. The van der Waals surface area contributed by atoms with Gasteiger partial charge in [0.25, 0.3) is 5.48 Å². The summed E-state index contributed by atoms with van der Waals surface area (Å²) >= 11 is 0. The first-order chi connectivity index (χ1) is 15.9. The SMILES string of the molecule is CCCCCCCCCCCCCCCCCCCCCCCC/[P+]([O-])=C(\O)C[N+](C)(C)C. The molecule has 0 aromatic heterocycles. The zero-order valence-corrected chi connectivity index (χ0v) is 24.1. The summed E-state index contributed by atoms with van der Waals surface area (Å²) in [5.41, 5.74) is 0.195. The number of aliphatic hydroxyl groups excluding tert-OH is 1. The number of nitrogens with zero attached hydrogens (tertiary/aromatic N) is 1. The van der Waals surface area contributed by atoms with Crippen LogP contribution in [0.3, 0.4) is 0 Å². The van der Waals surface area contributed by atoms with Crippen molar-refractivity contribution in [3.05, 3.63) is 0 Å². The van der Waals surface area contributed by atoms with E-state index in [1.807, 2.05) is 21.1 Å². The van der Waals surface area contributed by atoms with E-state index < -0.39 is 7.77 Å². The second kappa shape index (κ2) is 23.8. The van der Waals surface area contributed by atoms with E-state index in [-0.39, 0.29) is 5.48 Å². The molecule has 0 heterocycles. The van der Waals surface area contributed by atoms with Crippen molar-refractivity contribution in [2.24, 2.45) is 0 Å². The molecule has 0 saturated heterocycles. The lowest BCUT2D eigenvalue weighted by atomic mass is 10.0. The van der Waals surface area contributed by atoms with Crippen molar-refractivity contribution < 1.29 is 14.5 Å². The molecule has 0 amide bonds. The van der Waals surface area contributed by atoms with Crippen LogP contribution in [0.25, 0.3) is 0 Å². The van der Waals surface area contributed by atoms with E-state index in [1.165, 1.54) is 128 Å². The number of likely N-dealkylation sites (N-methyl/N-ethyl adjacent to an activating group) is 1. The first-order valence-corrected chi connectivity index (χ1v) is 16.1. The Morgan fingerprint density at radius 2 is 0.818 bits per heavy atom. The molecule has 33 heavy (non-hydrogen) atoms. The minimum Gasteiger partial charge on any atom is -0.629 e. The number of rotatable bonds is 25. The van der Waals surface area contributed by atoms with E-state index in [2.05, 4.69) is 6.92 Å². The summed E-state index contributed by atoms with van der Waals surface area (Å²) in [6.45, 7) is 2.79. The molecule has 0 aliphatic rings. The Balaban J connectivity index is 3.24. The van der Waals surface area contributed by atoms with Crippen molar-refractivity contribution in [1.82, 2.24) is 0 Å². The van der Waals surface area contributed by atoms with Crippen molar-refractivity contribution in [2.45, 2.75) is 148 Å². The average molecular weight is 487 g/mol. The summed E-state index contributed by atoms with van der Waals surface area (Å²) in [4.78, 5) is 12.1. The first kappa shape index (κ1) is 33.0. The molecular formula is C29H61NO2P+. The van der Waals surface area contributed by atoms with Gasteiger partial charge in [-0.3, -0.25) is 0 Å². The van der Waals surface area contributed by atoms with Crippen molar-refractivity contribution in [3.8, 4) is 0 Å². The molecule has 0 aromatic carbocycles. The molecule has 198 valence electrons. The van der Waals surface area contributed by atoms with E-state index in [9.17, 15) is 10.00 Å². The van der Waals surface area contributed by atoms with E-state index in [1.54, 1.807) is 0 Å². The highest BCUT2D eigenvalue weighted by molar-refractivity contribution is 7.51. The van der Waals surface area contributed by atoms with Crippen LogP contribution >= 0.6 is 7.77 Å². The van der Waals surface area contributed by atoms with Crippen LogP contribution in [-0.4, -0.2) is 48.9 Å². The van der Waals surface area contributed by atoms with Gasteiger partial charge in [-0.05, 0) is 12.8 Å². The van der Waals surface area contributed by atoms with Crippen molar-refractivity contribution >= 4 is 13.3 Å². The maximum absolute atomic E-state index is 12.1. The van der Waals surface area contributed by atoms with Gasteiger partial charge in [0.2, 0.25) is 0 Å². The summed E-state index contributed by atoms with van der Waals surface area (Å²) in [5.74, 6) is 0. The zero-order valence-electron chi connectivity index (χ0n) is 23.2. The largest absolute Gasteiger partial charge is 0.629 e. The predicted molar refractivity (Wildman–Crippen MR) is 149 cm³/mol. The third-order valence-electron chi connectivity index (χ3n) is 6.62. The Morgan fingerprint density at radius 3 is 1.09 bits per heavy atom. The molecule has 0 aliphatic carbocycles. The number of quaternary nitrogens is 1. The molecule has 4 heteroatoms. The van der Waals surface area contributed by atoms with Gasteiger partial charge < -0.3 is 14.5 Å². The standard InChI is InChI=1S/C29H60NO2P/c1-5-6-7-8-9-10-11-12-13-14-15-16-17-18-19-20-21-22-23-24-25-26-27-33(32)29(31)28-30(2,3)4/h5-28H2,1-4H3/p+1. The van der Waals surface area contributed by atoms with Gasteiger partial charge in [-0.1, -0.05) is 135 Å². The summed E-state index contributed by atoms with van der Waals surface area (Å²) in [6.07, 6.45) is 31.1. The van der Waals surface area contributed by atoms with Gasteiger partial charge in [0.1, 0.15) is 6.16 Å². The molecule has 0 aromatic rings. The Bertz CT molecular complexity index is 445. The molecule has 1 atom stereocenters. The second-order valence-corrected chi connectivity index (χ2v) is 13.1. The summed E-state index contributed by atoms with van der Waals surface area (Å²) < 4.78 is 0.631. The molecule has 0 spiro atoms. The van der Waals surface area contributed by atoms with Crippen LogP contribution < -0.4 is 4.89 Å². The topological polar surface area (TPSA) is 43.3 Å². The van der Waals surface area contributed by atoms with E-state index in [0.717, 1.165) is 12.8 Å². The van der Waals surface area contributed by atoms with Gasteiger partial charge in [0, 0.05) is 0 Å². The van der Waals surface area contributed by atoms with Crippen LogP contribution in [0.5, 0.6) is 0 Å². The van der Waals surface area contributed by atoms with E-state index >= 15 is 0 Å². The van der Waals surface area contributed by atoms with Gasteiger partial charge >= 0.3 is 0 Å². The van der Waals surface area contributed by atoms with Crippen molar-refractivity contribution in [2.75, 3.05) is 33.8 Å². The fourth-order valence-electron chi connectivity index (χ4n) is 4.50. The molecule has 0 fully saturated rings. The van der Waals surface area contributed by atoms with Gasteiger partial charge in [0.15, 0.2) is 6.54 Å². The summed E-state index contributed by atoms with van der Waals surface area (Å²) in [5, 5.41) is 9.94. The lowest BCUT2D eigenvalue weighted by Gasteiger charge is -2.22. The minimum absolute atomic E-state index is 0.195. The molecule has 0 aliphatic heterocycles. The van der Waals surface area contributed by atoms with Crippen LogP contribution in [0.2, 0.25) is 0 Å². The summed E-state index contributed by atoms with van der Waals surface area (Å²) in [7, 11) is 4.49. The fraction of sp³-hybridized carbons (Fsp3) is 0.966. The summed E-state index contributed by atoms with van der Waals surface area (Å²) in [6, 6.07) is 0. The van der Waals surface area contributed by atoms with Crippen LogP contribution in [0.1, 0.15) is 148 Å². The smallest absolute Gasteiger partial charge is 0.273 e. The highest BCUT2D eigenvalue weighted by Crippen LogP contribution is 2.19. The van der Waals surface area contributed by atoms with Crippen LogP contribution in [0.15, 0.2) is 0 Å². The number of unbranched alkanes of at least 4 members (excludes halogenated alkanes) is 21. The molecular weight excluding hydrogens is 425 g/mol. The number of hydrogen-bond acceptors (Lipinski definition) is 1. The lowest BCUT2D eigenvalue weighted by molar-refractivity contribution is -0.861. The molecule has 0 bridgehead atoms. The monoisotopic (exact) mass is 486 g/mol. The maximum atomic E-state index is 12.1. The lowest BCUT2D eigenvalue weighted by Crippen LogP contribution is -2.39. The quantitative estimate of drug-likeness (QED) is 0.0798. The van der Waals surface area contributed by atoms with Crippen LogP contribution in [-0.2, 0) is 0 Å². The molecule has 0 saturated carbocycles. The highest BCUT2D eigenvalue weighted by Gasteiger charge is 2.16. The van der Waals surface area contributed by atoms with Gasteiger partial charge in [-0.15, -0.1) is 0 Å². The average Bonchev–Trinajstić information content (AvgIpc) is 2.76. The zero-order chi connectivity index (χ0) is 24.6. The fourth-order valence-corrected chi connectivity index (χ4v) is 5.85. The predicted octanol–water partition coefficient (Wildman–Crippen LogP) is 8.55. The first-order valence-electron chi connectivity index (χ1n) is 14.7. The third-order valence-corrected chi connectivity index (χ3v) is 8.06. The molecule has 0 rings (SSSR count). The van der Waals surface area contributed by atoms with Gasteiger partial charge in [-0.2, -0.15) is 0 Å². The Morgan fingerprint density at radius 1 is 0.545 bits per heavy atom. The van der Waals surface area contributed by atoms with Crippen molar-refractivity contribution in [3.63, 3.8) is 0 Å². The van der Waals surface area contributed by atoms with E-state index in [4.69, 9.17) is 0 Å². The van der Waals surface area contributed by atoms with E-state index in [0.29, 0.717) is 17.2 Å². The normalized spacial score (nSPS) is 12.9. The minimum atomic E-state index is -1.55. The van der Waals surface area contributed by atoms with Crippen LogP contribution in [0, 0.1) is 0 Å². The Labute approximate surface area is 209 Å². The van der Waals surface area contributed by atoms with Gasteiger partial charge in [0.05, 0.1) is 28.9 Å². The maximum Gasteiger partial charge on any atom is 0.273 e.